The van der Waals surface area contributed by atoms with Crippen molar-refractivity contribution < 1.29 is 13.5 Å². The molecule has 0 saturated carbocycles. The van der Waals surface area contributed by atoms with Gasteiger partial charge in [-0.3, -0.25) is 4.98 Å². The van der Waals surface area contributed by atoms with E-state index in [4.69, 9.17) is 16.3 Å². The first-order valence-corrected chi connectivity index (χ1v) is 11.6. The molecule has 34 heavy (non-hydrogen) atoms. The molecule has 3 aromatic heterocycles. The van der Waals surface area contributed by atoms with Gasteiger partial charge in [-0.25, -0.2) is 18.7 Å². The predicted molar refractivity (Wildman–Crippen MR) is 133 cm³/mol. The minimum absolute atomic E-state index is 0.148. The average molecular weight is 484 g/mol. The van der Waals surface area contributed by atoms with E-state index < -0.39 is 11.6 Å². The molecule has 0 N–H and O–H groups in total. The van der Waals surface area contributed by atoms with Crippen molar-refractivity contribution in [1.29, 1.82) is 0 Å². The number of aryl methyl sites for hydroxylation is 3. The largest absolute Gasteiger partial charge is 0.381 e. The molecule has 5 rings (SSSR count). The zero-order chi connectivity index (χ0) is 24.5. The van der Waals surface area contributed by atoms with Crippen LogP contribution >= 0.6 is 11.6 Å². The van der Waals surface area contributed by atoms with Gasteiger partial charge in [0.25, 0.3) is 0 Å². The normalized spacial score (nSPS) is 12.9. The summed E-state index contributed by atoms with van der Waals surface area (Å²) in [7, 11) is 0. The minimum Gasteiger partial charge on any atom is -0.381 e. The van der Waals surface area contributed by atoms with Crippen LogP contribution in [0.5, 0.6) is 0 Å². The highest BCUT2D eigenvalue weighted by atomic mass is 35.5. The molecule has 1 fully saturated rings. The smallest absolute Gasteiger partial charge is 0.178 e. The summed E-state index contributed by atoms with van der Waals surface area (Å²) in [6, 6.07) is 12.2. The second kappa shape index (κ2) is 12.5. The van der Waals surface area contributed by atoms with Crippen LogP contribution in [0.1, 0.15) is 36.2 Å². The van der Waals surface area contributed by atoms with Crippen LogP contribution in [0.25, 0.3) is 22.2 Å². The fraction of sp³-hybridized carbons (Fsp3) is 0.296. The molecule has 0 bridgehead atoms. The molecule has 0 unspecified atom stereocenters. The van der Waals surface area contributed by atoms with E-state index in [1.807, 2.05) is 45.0 Å². The zero-order valence-electron chi connectivity index (χ0n) is 19.6. The SMILES string of the molecule is C1CCOCC1.Cc1cc2c(-c3ccc(Cl)c(F)c3F)ccnc2nc1C.Cc1ccccn1. The molecule has 4 heterocycles. The number of aromatic nitrogens is 3. The summed E-state index contributed by atoms with van der Waals surface area (Å²) >= 11 is 5.60. The van der Waals surface area contributed by atoms with Gasteiger partial charge in [-0.15, -0.1) is 0 Å². The molecule has 4 aromatic rings. The van der Waals surface area contributed by atoms with Gasteiger partial charge in [-0.2, -0.15) is 0 Å². The summed E-state index contributed by atoms with van der Waals surface area (Å²) in [6.45, 7) is 7.77. The second-order valence-corrected chi connectivity index (χ2v) is 8.39. The maximum atomic E-state index is 14.2. The summed E-state index contributed by atoms with van der Waals surface area (Å²) in [5.74, 6) is -2.01. The third kappa shape index (κ3) is 6.78. The highest BCUT2D eigenvalue weighted by molar-refractivity contribution is 6.30. The predicted octanol–water partition coefficient (Wildman–Crippen LogP) is 7.42. The fourth-order valence-electron chi connectivity index (χ4n) is 3.37. The Bertz CT molecular complexity index is 1220. The van der Waals surface area contributed by atoms with E-state index in [2.05, 4.69) is 15.0 Å². The van der Waals surface area contributed by atoms with Crippen molar-refractivity contribution >= 4 is 22.6 Å². The van der Waals surface area contributed by atoms with Crippen molar-refractivity contribution in [3.63, 3.8) is 0 Å². The number of benzene rings is 1. The Morgan fingerprint density at radius 1 is 0.824 bits per heavy atom. The van der Waals surface area contributed by atoms with Crippen molar-refractivity contribution in [3.05, 3.63) is 88.5 Å². The van der Waals surface area contributed by atoms with E-state index in [9.17, 15) is 8.78 Å². The molecule has 0 amide bonds. The monoisotopic (exact) mass is 483 g/mol. The lowest BCUT2D eigenvalue weighted by atomic mass is 10.0. The van der Waals surface area contributed by atoms with Crippen LogP contribution < -0.4 is 0 Å². The number of hydrogen-bond acceptors (Lipinski definition) is 4. The Balaban J connectivity index is 0.000000202. The molecule has 7 heteroatoms. The van der Waals surface area contributed by atoms with E-state index >= 15 is 0 Å². The lowest BCUT2D eigenvalue weighted by Crippen LogP contribution is -2.03. The molecule has 1 aliphatic heterocycles. The fourth-order valence-corrected chi connectivity index (χ4v) is 3.51. The number of nitrogens with zero attached hydrogens (tertiary/aromatic N) is 3. The first-order chi connectivity index (χ1) is 16.4. The number of ether oxygens (including phenoxy) is 1. The van der Waals surface area contributed by atoms with Gasteiger partial charge < -0.3 is 4.74 Å². The highest BCUT2D eigenvalue weighted by Crippen LogP contribution is 2.32. The molecule has 178 valence electrons. The molecule has 0 atom stereocenters. The van der Waals surface area contributed by atoms with E-state index in [1.54, 1.807) is 12.3 Å². The molecule has 1 saturated heterocycles. The van der Waals surface area contributed by atoms with E-state index in [0.717, 1.165) is 30.2 Å². The van der Waals surface area contributed by atoms with Crippen LogP contribution in [0.4, 0.5) is 8.78 Å². The molecule has 1 aromatic carbocycles. The van der Waals surface area contributed by atoms with Gasteiger partial charge in [-0.05, 0) is 87.6 Å². The number of hydrogen-bond donors (Lipinski definition) is 0. The quantitative estimate of drug-likeness (QED) is 0.264. The molecular formula is C27H28ClF2N3O. The van der Waals surface area contributed by atoms with Gasteiger partial charge in [0.05, 0.1) is 5.02 Å². The van der Waals surface area contributed by atoms with E-state index in [1.165, 1.54) is 37.6 Å². The van der Waals surface area contributed by atoms with Gasteiger partial charge in [0.15, 0.2) is 17.3 Å². The van der Waals surface area contributed by atoms with Crippen molar-refractivity contribution in [1.82, 2.24) is 15.0 Å². The first-order valence-electron chi connectivity index (χ1n) is 11.2. The van der Waals surface area contributed by atoms with Gasteiger partial charge in [0, 0.05) is 47.9 Å². The Morgan fingerprint density at radius 3 is 2.15 bits per heavy atom. The third-order valence-corrected chi connectivity index (χ3v) is 5.68. The van der Waals surface area contributed by atoms with Crippen LogP contribution in [-0.4, -0.2) is 28.2 Å². The Kier molecular flexibility index (Phi) is 9.42. The zero-order valence-corrected chi connectivity index (χ0v) is 20.4. The van der Waals surface area contributed by atoms with E-state index in [0.29, 0.717) is 16.6 Å². The highest BCUT2D eigenvalue weighted by Gasteiger charge is 2.16. The standard InChI is InChI=1S/C16H11ClF2N2.C6H7N.C5H10O/c1-8-7-12-10(5-6-20-16(12)21-9(8)2)11-3-4-13(17)15(19)14(11)18;1-6-4-2-3-5-7-6;1-2-4-6-5-3-1/h3-7H,1-2H3;2-5H,1H3;1-5H2. The minimum atomic E-state index is -1.05. The number of pyridine rings is 3. The Labute approximate surface area is 204 Å². The lowest BCUT2D eigenvalue weighted by Gasteiger charge is -2.10. The number of halogens is 3. The van der Waals surface area contributed by atoms with Crippen LogP contribution in [0.15, 0.2) is 54.9 Å². The molecule has 0 aliphatic carbocycles. The second-order valence-electron chi connectivity index (χ2n) is 7.99. The third-order valence-electron chi connectivity index (χ3n) is 5.39. The van der Waals surface area contributed by atoms with E-state index in [-0.39, 0.29) is 10.6 Å². The van der Waals surface area contributed by atoms with Gasteiger partial charge in [0.2, 0.25) is 0 Å². The van der Waals surface area contributed by atoms with Crippen molar-refractivity contribution in [2.75, 3.05) is 13.2 Å². The Hall–Kier alpha value is -2.96. The van der Waals surface area contributed by atoms with Gasteiger partial charge in [0.1, 0.15) is 0 Å². The molecular weight excluding hydrogens is 456 g/mol. The number of fused-ring (bicyclic) bond motifs is 1. The van der Waals surface area contributed by atoms with Crippen molar-refractivity contribution in [3.8, 4) is 11.1 Å². The summed E-state index contributed by atoms with van der Waals surface area (Å²) in [6.07, 6.45) is 7.25. The topological polar surface area (TPSA) is 47.9 Å². The molecule has 4 nitrogen and oxygen atoms in total. The van der Waals surface area contributed by atoms with Gasteiger partial charge >= 0.3 is 0 Å². The summed E-state index contributed by atoms with van der Waals surface area (Å²) in [5, 5.41) is 0.445. The molecule has 1 aliphatic rings. The molecule has 0 spiro atoms. The van der Waals surface area contributed by atoms with Crippen molar-refractivity contribution in [2.45, 2.75) is 40.0 Å². The summed E-state index contributed by atoms with van der Waals surface area (Å²) < 4.78 is 32.9. The Morgan fingerprint density at radius 2 is 1.59 bits per heavy atom. The van der Waals surface area contributed by atoms with Crippen LogP contribution in [0.3, 0.4) is 0 Å². The average Bonchev–Trinajstić information content (AvgIpc) is 2.86. The van der Waals surface area contributed by atoms with Crippen LogP contribution in [0, 0.1) is 32.4 Å². The number of rotatable bonds is 1. The van der Waals surface area contributed by atoms with Crippen LogP contribution in [-0.2, 0) is 4.74 Å². The maximum absolute atomic E-state index is 14.2. The van der Waals surface area contributed by atoms with Crippen LogP contribution in [0.2, 0.25) is 5.02 Å². The van der Waals surface area contributed by atoms with Crippen molar-refractivity contribution in [2.24, 2.45) is 0 Å². The summed E-state index contributed by atoms with van der Waals surface area (Å²) in [5.41, 5.74) is 4.09. The maximum Gasteiger partial charge on any atom is 0.178 e. The first kappa shape index (κ1) is 25.7. The summed E-state index contributed by atoms with van der Waals surface area (Å²) in [4.78, 5) is 12.5. The van der Waals surface area contributed by atoms with Gasteiger partial charge in [-0.1, -0.05) is 17.7 Å². The molecule has 0 radical (unpaired) electrons. The lowest BCUT2D eigenvalue weighted by molar-refractivity contribution is 0.0968.